The third-order valence-electron chi connectivity index (χ3n) is 8.98. The van der Waals surface area contributed by atoms with Crippen molar-refractivity contribution >= 4 is 6.48 Å². The smallest absolute Gasteiger partial charge is 1.00 e. The van der Waals surface area contributed by atoms with Crippen molar-refractivity contribution in [3.05, 3.63) is 195 Å². The molecule has 0 amide bonds. The van der Waals surface area contributed by atoms with Crippen molar-refractivity contribution in [2.24, 2.45) is 0 Å². The molecule has 2 aliphatic rings. The second kappa shape index (κ2) is 14.3. The molecule has 0 spiro atoms. The van der Waals surface area contributed by atoms with Crippen molar-refractivity contribution in [1.82, 2.24) is 0 Å². The molecule has 6 aromatic carbocycles. The third kappa shape index (κ3) is 6.01. The predicted molar refractivity (Wildman–Crippen MR) is 183 cm³/mol. The summed E-state index contributed by atoms with van der Waals surface area (Å²) in [5.41, 5.74) is 13.8. The van der Waals surface area contributed by atoms with E-state index >= 15 is 0 Å². The number of hydrogen-bond acceptors (Lipinski definition) is 0. The van der Waals surface area contributed by atoms with Gasteiger partial charge in [-0.1, -0.05) is 0 Å². The second-order valence-corrected chi connectivity index (χ2v) is 17.5. The molecular weight excluding hydrogens is 679 g/mol. The molecule has 0 aromatic heterocycles. The van der Waals surface area contributed by atoms with Crippen LogP contribution in [0.15, 0.2) is 173 Å². The van der Waals surface area contributed by atoms with Crippen LogP contribution >= 0.6 is 0 Å². The van der Waals surface area contributed by atoms with Gasteiger partial charge in [-0.15, -0.1) is 0 Å². The van der Waals surface area contributed by atoms with Gasteiger partial charge in [0.15, 0.2) is 0 Å². The zero-order chi connectivity index (χ0) is 29.3. The molecule has 46 heavy (non-hydrogen) atoms. The minimum absolute atomic E-state index is 0. The summed E-state index contributed by atoms with van der Waals surface area (Å²) >= 11 is -2.81. The van der Waals surface area contributed by atoms with Gasteiger partial charge in [0.1, 0.15) is 0 Å². The number of benzene rings is 6. The summed E-state index contributed by atoms with van der Waals surface area (Å²) in [6, 6.07) is 56.3. The number of allylic oxidation sites excluding steroid dienone is 4. The molecule has 0 saturated carbocycles. The van der Waals surface area contributed by atoms with Crippen molar-refractivity contribution < 1.29 is 46.1 Å². The molecule has 6 aromatic rings. The van der Waals surface area contributed by atoms with E-state index in [0.29, 0.717) is 0 Å². The van der Waals surface area contributed by atoms with Crippen LogP contribution < -0.4 is 28.1 Å². The summed E-state index contributed by atoms with van der Waals surface area (Å²) in [7, 11) is 0. The molecule has 0 bridgehead atoms. The second-order valence-electron chi connectivity index (χ2n) is 11.6. The van der Waals surface area contributed by atoms with Crippen LogP contribution in [0.1, 0.15) is 28.7 Å². The summed E-state index contributed by atoms with van der Waals surface area (Å²) in [5.74, 6) is 0. The van der Waals surface area contributed by atoms with Gasteiger partial charge < -0.3 is 24.8 Å². The molecule has 0 saturated heterocycles. The Bertz CT molecular complexity index is 2040. The van der Waals surface area contributed by atoms with Crippen molar-refractivity contribution in [2.45, 2.75) is 12.8 Å². The van der Waals surface area contributed by atoms with E-state index in [0.717, 1.165) is 12.8 Å². The van der Waals surface area contributed by atoms with Crippen LogP contribution in [0.5, 0.6) is 0 Å². The predicted octanol–water partition coefficient (Wildman–Crippen LogP) is 3.96. The molecule has 0 N–H and O–H groups in total. The molecule has 0 nitrogen and oxygen atoms in total. The molecule has 0 fully saturated rings. The normalized spacial score (nSPS) is 12.1. The maximum Gasteiger partial charge on any atom is -1.00 e. The first-order valence-corrected chi connectivity index (χ1v) is 19.2. The van der Waals surface area contributed by atoms with Crippen LogP contribution in [0, 0.1) is 0 Å². The molecule has 0 radical (unpaired) electrons. The first-order chi connectivity index (χ1) is 21.8. The Morgan fingerprint density at radius 3 is 1.63 bits per heavy atom. The molecule has 0 aliphatic heterocycles. The Hall–Kier alpha value is -3.87. The van der Waals surface area contributed by atoms with Gasteiger partial charge in [-0.2, -0.15) is 0 Å². The van der Waals surface area contributed by atoms with E-state index in [-0.39, 0.29) is 24.8 Å². The van der Waals surface area contributed by atoms with Gasteiger partial charge in [0.25, 0.3) is 0 Å². The largest absolute Gasteiger partial charge is 1.00 e. The third-order valence-corrected chi connectivity index (χ3v) is 16.8. The van der Waals surface area contributed by atoms with Gasteiger partial charge in [0, 0.05) is 0 Å². The van der Waals surface area contributed by atoms with E-state index in [4.69, 9.17) is 0 Å². The topological polar surface area (TPSA) is 0 Å². The van der Waals surface area contributed by atoms with E-state index in [9.17, 15) is 0 Å². The fraction of sp³-hybridized carbons (Fsp3) is 0.0465. The van der Waals surface area contributed by atoms with Crippen molar-refractivity contribution in [3.8, 4) is 33.4 Å². The zero-order valence-corrected chi connectivity index (χ0v) is 29.3. The summed E-state index contributed by atoms with van der Waals surface area (Å²) in [6.45, 7) is 0. The van der Waals surface area contributed by atoms with Crippen molar-refractivity contribution in [3.63, 3.8) is 0 Å². The summed E-state index contributed by atoms with van der Waals surface area (Å²) < 4.78 is 4.84. The number of fused-ring (bicyclic) bond motifs is 3. The molecule has 222 valence electrons. The van der Waals surface area contributed by atoms with Crippen LogP contribution in [0.3, 0.4) is 0 Å². The number of halogens is 2. The Balaban J connectivity index is 0.00000186. The minimum Gasteiger partial charge on any atom is -1.00 e. The maximum atomic E-state index is 2.45. The van der Waals surface area contributed by atoms with Gasteiger partial charge in [-0.05, 0) is 0 Å². The minimum atomic E-state index is -2.81. The van der Waals surface area contributed by atoms with Crippen LogP contribution in [-0.2, 0) is 27.7 Å². The van der Waals surface area contributed by atoms with Gasteiger partial charge in [0.2, 0.25) is 0 Å². The summed E-state index contributed by atoms with van der Waals surface area (Å²) in [4.78, 5) is 0. The quantitative estimate of drug-likeness (QED) is 0.246. The van der Waals surface area contributed by atoms with Crippen molar-refractivity contribution in [2.75, 3.05) is 0 Å². The Morgan fingerprint density at radius 1 is 0.500 bits per heavy atom. The molecular formula is C43H32Cl2Zr. The Morgan fingerprint density at radius 2 is 1.04 bits per heavy atom. The standard InChI is InChI=1S/C25H17.C13H10.C5H5.2ClH.Zr/c1-3-7-18(8-4-1)20-11-13-24-22(15-20)17-23-16-21(12-14-25(23)24)19-9-5-2-6-10-19;1-3-7-12(8-4-1)11-13-9-5-2-6-10-13;1-2-4-5-3-1;;;/h1-15H,17H2;1-10H;1-3H,4H2;2*1H;/q;;;;;+2/p-2. The number of hydrogen-bond donors (Lipinski definition) is 0. The van der Waals surface area contributed by atoms with E-state index < -0.39 is 21.3 Å². The molecule has 0 heterocycles. The van der Waals surface area contributed by atoms with E-state index in [1.807, 2.05) is 0 Å². The summed E-state index contributed by atoms with van der Waals surface area (Å²) in [6.07, 6.45) is 9.11. The zero-order valence-electron chi connectivity index (χ0n) is 25.3. The molecule has 2 aliphatic carbocycles. The average Bonchev–Trinajstić information content (AvgIpc) is 3.77. The van der Waals surface area contributed by atoms with Crippen molar-refractivity contribution in [1.29, 1.82) is 0 Å². The first kappa shape index (κ1) is 32.1. The number of rotatable bonds is 6. The summed E-state index contributed by atoms with van der Waals surface area (Å²) in [5, 5.41) is 0. The average molecular weight is 711 g/mol. The Labute approximate surface area is 292 Å². The fourth-order valence-electron chi connectivity index (χ4n) is 6.97. The van der Waals surface area contributed by atoms with Crippen LogP contribution in [0.4, 0.5) is 0 Å². The van der Waals surface area contributed by atoms with Gasteiger partial charge >= 0.3 is 269 Å². The van der Waals surface area contributed by atoms with E-state index in [1.165, 1.54) is 55.6 Å². The molecule has 0 unspecified atom stereocenters. The fourth-order valence-corrected chi connectivity index (χ4v) is 15.4. The first-order valence-electron chi connectivity index (χ1n) is 15.5. The SMILES string of the molecule is C1=CC[C]([Zr+2](=[C](c2ccccc2)c2ccccc2)[c]2c(-c3ccccc3)ccc3c2Cc2cc(-c4ccccc4)ccc2-3)=C1.[Cl-].[Cl-]. The maximum absolute atomic E-state index is 2.81. The van der Waals surface area contributed by atoms with Crippen LogP contribution in [0.2, 0.25) is 0 Å². The Kier molecular flexibility index (Phi) is 9.96. The molecule has 3 heteroatoms. The molecule has 0 atom stereocenters. The van der Waals surface area contributed by atoms with Crippen LogP contribution in [0.25, 0.3) is 33.4 Å². The van der Waals surface area contributed by atoms with Gasteiger partial charge in [0.05, 0.1) is 0 Å². The van der Waals surface area contributed by atoms with Crippen LogP contribution in [-0.4, -0.2) is 3.21 Å². The monoisotopic (exact) mass is 708 g/mol. The van der Waals surface area contributed by atoms with E-state index in [2.05, 4.69) is 170 Å². The molecule has 8 rings (SSSR count). The van der Waals surface area contributed by atoms with Gasteiger partial charge in [-0.3, -0.25) is 0 Å². The van der Waals surface area contributed by atoms with Gasteiger partial charge in [-0.25, -0.2) is 0 Å². The van der Waals surface area contributed by atoms with E-state index in [1.54, 1.807) is 9.76 Å².